The van der Waals surface area contributed by atoms with Crippen molar-refractivity contribution in [3.05, 3.63) is 0 Å². The van der Waals surface area contributed by atoms with Crippen molar-refractivity contribution in [2.24, 2.45) is 0 Å². The molecule has 4 nitrogen and oxygen atoms in total. The lowest BCUT2D eigenvalue weighted by Crippen LogP contribution is -2.17. The minimum absolute atomic E-state index is 0.551. The summed E-state index contributed by atoms with van der Waals surface area (Å²) in [4.78, 5) is 4.27. The number of nitrogens with zero attached hydrogens (tertiary/aromatic N) is 2. The van der Waals surface area contributed by atoms with Crippen molar-refractivity contribution in [2.75, 3.05) is 54.5 Å². The van der Waals surface area contributed by atoms with Gasteiger partial charge in [-0.3, -0.25) is 0 Å². The lowest BCUT2D eigenvalue weighted by atomic mass is 10.5. The Kier molecular flexibility index (Phi) is 4.81. The van der Waals surface area contributed by atoms with Crippen LogP contribution in [-0.2, 0) is 9.47 Å². The molecule has 2 rings (SSSR count). The number of rotatable bonds is 4. The molecule has 4 heteroatoms. The maximum absolute atomic E-state index is 4.98. The Labute approximate surface area is 86.8 Å². The lowest BCUT2D eigenvalue weighted by molar-refractivity contribution is 0.323. The van der Waals surface area contributed by atoms with Crippen LogP contribution in [0.25, 0.3) is 0 Å². The van der Waals surface area contributed by atoms with E-state index in [0.717, 1.165) is 26.3 Å². The SMILES string of the molecule is CN(C)CC1CO1.CN(C)CC1CO1. The van der Waals surface area contributed by atoms with Crippen LogP contribution in [0.3, 0.4) is 0 Å². The van der Waals surface area contributed by atoms with Gasteiger partial charge in [0.25, 0.3) is 0 Å². The van der Waals surface area contributed by atoms with Gasteiger partial charge in [-0.1, -0.05) is 0 Å². The van der Waals surface area contributed by atoms with Crippen LogP contribution in [-0.4, -0.2) is 76.5 Å². The Hall–Kier alpha value is -0.160. The molecule has 0 radical (unpaired) electrons. The largest absolute Gasteiger partial charge is 0.372 e. The van der Waals surface area contributed by atoms with Gasteiger partial charge in [0, 0.05) is 13.1 Å². The zero-order valence-corrected chi connectivity index (χ0v) is 9.69. The Bertz CT molecular complexity index is 136. The molecule has 0 saturated carbocycles. The van der Waals surface area contributed by atoms with E-state index in [-0.39, 0.29) is 0 Å². The van der Waals surface area contributed by atoms with E-state index >= 15 is 0 Å². The predicted molar refractivity (Wildman–Crippen MR) is 56.6 cm³/mol. The van der Waals surface area contributed by atoms with E-state index in [0.29, 0.717) is 12.2 Å². The van der Waals surface area contributed by atoms with Crippen molar-refractivity contribution in [2.45, 2.75) is 12.2 Å². The molecule has 2 aliphatic rings. The van der Waals surface area contributed by atoms with E-state index in [1.165, 1.54) is 0 Å². The van der Waals surface area contributed by atoms with Gasteiger partial charge in [-0.15, -0.1) is 0 Å². The van der Waals surface area contributed by atoms with Crippen LogP contribution in [0.15, 0.2) is 0 Å². The summed E-state index contributed by atoms with van der Waals surface area (Å²) in [5.41, 5.74) is 0. The van der Waals surface area contributed by atoms with Crippen LogP contribution < -0.4 is 0 Å². The van der Waals surface area contributed by atoms with E-state index in [2.05, 4.69) is 38.0 Å². The predicted octanol–water partition coefficient (Wildman–Crippen LogP) is -0.106. The summed E-state index contributed by atoms with van der Waals surface area (Å²) in [7, 11) is 8.23. The zero-order valence-electron chi connectivity index (χ0n) is 9.69. The molecular formula is C10H22N2O2. The number of hydrogen-bond donors (Lipinski definition) is 0. The number of hydrogen-bond acceptors (Lipinski definition) is 4. The normalized spacial score (nSPS) is 28.7. The van der Waals surface area contributed by atoms with Gasteiger partial charge in [0.2, 0.25) is 0 Å². The Morgan fingerprint density at radius 3 is 1.21 bits per heavy atom. The molecule has 0 amide bonds. The molecule has 14 heavy (non-hydrogen) atoms. The Morgan fingerprint density at radius 2 is 1.14 bits per heavy atom. The lowest BCUT2D eigenvalue weighted by Gasteiger charge is -2.03. The summed E-state index contributed by atoms with van der Waals surface area (Å²) in [6, 6.07) is 0. The van der Waals surface area contributed by atoms with Gasteiger partial charge in [0.1, 0.15) is 0 Å². The molecule has 2 unspecified atom stereocenters. The minimum atomic E-state index is 0.551. The Morgan fingerprint density at radius 1 is 0.857 bits per heavy atom. The zero-order chi connectivity index (χ0) is 10.6. The highest BCUT2D eigenvalue weighted by atomic mass is 16.6. The van der Waals surface area contributed by atoms with Crippen LogP contribution in [0.5, 0.6) is 0 Å². The molecule has 2 atom stereocenters. The second-order valence-electron chi connectivity index (χ2n) is 4.44. The molecule has 0 bridgehead atoms. The Balaban J connectivity index is 0.000000140. The van der Waals surface area contributed by atoms with Crippen molar-refractivity contribution in [1.29, 1.82) is 0 Å². The van der Waals surface area contributed by atoms with Crippen LogP contribution >= 0.6 is 0 Å². The number of ether oxygens (including phenoxy) is 2. The number of epoxide rings is 2. The first-order valence-corrected chi connectivity index (χ1v) is 5.10. The topological polar surface area (TPSA) is 31.5 Å². The summed E-state index contributed by atoms with van der Waals surface area (Å²) >= 11 is 0. The van der Waals surface area contributed by atoms with E-state index in [9.17, 15) is 0 Å². The van der Waals surface area contributed by atoms with Crippen LogP contribution in [0.2, 0.25) is 0 Å². The molecule has 0 spiro atoms. The summed E-state index contributed by atoms with van der Waals surface area (Å²) < 4.78 is 9.96. The van der Waals surface area contributed by atoms with Crippen molar-refractivity contribution in [1.82, 2.24) is 9.80 Å². The quantitative estimate of drug-likeness (QED) is 0.596. The molecule has 0 aliphatic carbocycles. The standard InChI is InChI=1S/2C5H11NO/c2*1-6(2)3-5-4-7-5/h2*5H,3-4H2,1-2H3. The van der Waals surface area contributed by atoms with Gasteiger partial charge in [-0.05, 0) is 28.2 Å². The third-order valence-electron chi connectivity index (χ3n) is 1.94. The number of likely N-dealkylation sites (N-methyl/N-ethyl adjacent to an activating group) is 2. The van der Waals surface area contributed by atoms with Crippen molar-refractivity contribution >= 4 is 0 Å². The summed E-state index contributed by atoms with van der Waals surface area (Å²) in [6.45, 7) is 4.11. The molecule has 2 saturated heterocycles. The van der Waals surface area contributed by atoms with Gasteiger partial charge in [-0.2, -0.15) is 0 Å². The highest BCUT2D eigenvalue weighted by Gasteiger charge is 2.22. The molecule has 2 aliphatic heterocycles. The average molecular weight is 202 g/mol. The minimum Gasteiger partial charge on any atom is -0.372 e. The van der Waals surface area contributed by atoms with Crippen molar-refractivity contribution < 1.29 is 9.47 Å². The molecule has 84 valence electrons. The maximum Gasteiger partial charge on any atom is 0.0936 e. The molecule has 0 N–H and O–H groups in total. The fourth-order valence-corrected chi connectivity index (χ4v) is 1.16. The third kappa shape index (κ3) is 7.26. The van der Waals surface area contributed by atoms with Crippen molar-refractivity contribution in [3.8, 4) is 0 Å². The average Bonchev–Trinajstić information content (AvgIpc) is 2.82. The summed E-state index contributed by atoms with van der Waals surface area (Å²) in [5.74, 6) is 0. The molecule has 0 aromatic carbocycles. The molecular weight excluding hydrogens is 180 g/mol. The fourth-order valence-electron chi connectivity index (χ4n) is 1.16. The summed E-state index contributed by atoms with van der Waals surface area (Å²) in [6.07, 6.45) is 1.10. The van der Waals surface area contributed by atoms with E-state index in [4.69, 9.17) is 9.47 Å². The highest BCUT2D eigenvalue weighted by molar-refractivity contribution is 4.71. The van der Waals surface area contributed by atoms with Gasteiger partial charge in [0.15, 0.2) is 0 Å². The monoisotopic (exact) mass is 202 g/mol. The molecule has 0 aromatic rings. The first kappa shape index (κ1) is 11.9. The van der Waals surface area contributed by atoms with Gasteiger partial charge >= 0.3 is 0 Å². The third-order valence-corrected chi connectivity index (χ3v) is 1.94. The van der Waals surface area contributed by atoms with E-state index in [1.807, 2.05) is 0 Å². The smallest absolute Gasteiger partial charge is 0.0936 e. The van der Waals surface area contributed by atoms with Gasteiger partial charge < -0.3 is 19.3 Å². The van der Waals surface area contributed by atoms with Gasteiger partial charge in [-0.25, -0.2) is 0 Å². The fraction of sp³-hybridized carbons (Fsp3) is 1.00. The van der Waals surface area contributed by atoms with Crippen molar-refractivity contribution in [3.63, 3.8) is 0 Å². The first-order chi connectivity index (χ1) is 6.58. The molecule has 2 fully saturated rings. The summed E-state index contributed by atoms with van der Waals surface area (Å²) in [5, 5.41) is 0. The van der Waals surface area contributed by atoms with E-state index < -0.39 is 0 Å². The van der Waals surface area contributed by atoms with E-state index in [1.54, 1.807) is 0 Å². The van der Waals surface area contributed by atoms with Crippen LogP contribution in [0, 0.1) is 0 Å². The van der Waals surface area contributed by atoms with Crippen LogP contribution in [0.4, 0.5) is 0 Å². The second-order valence-corrected chi connectivity index (χ2v) is 4.44. The first-order valence-electron chi connectivity index (χ1n) is 5.10. The van der Waals surface area contributed by atoms with Gasteiger partial charge in [0.05, 0.1) is 25.4 Å². The molecule has 0 aromatic heterocycles. The maximum atomic E-state index is 4.98. The second kappa shape index (κ2) is 5.66. The highest BCUT2D eigenvalue weighted by Crippen LogP contribution is 2.08. The van der Waals surface area contributed by atoms with Crippen LogP contribution in [0.1, 0.15) is 0 Å². The molecule has 2 heterocycles.